The Morgan fingerprint density at radius 3 is 2.15 bits per heavy atom. The van der Waals surface area contributed by atoms with E-state index in [2.05, 4.69) is 27.6 Å². The lowest BCUT2D eigenvalue weighted by Gasteiger charge is -2.19. The molecule has 3 aromatic carbocycles. The molecule has 1 saturated heterocycles. The van der Waals surface area contributed by atoms with Crippen LogP contribution in [0.2, 0.25) is 15.1 Å². The number of unbranched alkanes of at least 4 members (excludes halogenated alkanes) is 9. The summed E-state index contributed by atoms with van der Waals surface area (Å²) >= 11 is 19.1. The third-order valence-electron chi connectivity index (χ3n) is 8.07. The number of nitro groups is 1. The number of carbonyl (C=O) groups excluding carboxylic acids is 1. The highest BCUT2D eigenvalue weighted by Crippen LogP contribution is 2.39. The average Bonchev–Trinajstić information content (AvgIpc) is 3.34. The maximum Gasteiger partial charge on any atom is 0.280 e. The number of halogens is 3. The molecule has 1 aliphatic rings. The Kier molecular flexibility index (Phi) is 14.0. The molecule has 0 aliphatic carbocycles. The Balaban J connectivity index is 1.57. The number of hydrogen-bond acceptors (Lipinski definition) is 7. The normalized spacial score (nSPS) is 15.5. The number of ether oxygens (including phenoxy) is 1. The van der Waals surface area contributed by atoms with Gasteiger partial charge in [-0.3, -0.25) is 20.3 Å². The highest BCUT2D eigenvalue weighted by atomic mass is 35.5. The van der Waals surface area contributed by atoms with Gasteiger partial charge in [0.25, 0.3) is 11.6 Å². The van der Waals surface area contributed by atoms with E-state index in [1.807, 2.05) is 26.0 Å². The van der Waals surface area contributed by atoms with E-state index in [4.69, 9.17) is 39.5 Å². The van der Waals surface area contributed by atoms with E-state index >= 15 is 0 Å². The smallest absolute Gasteiger partial charge is 0.280 e. The molecule has 13 heteroatoms. The molecule has 256 valence electrons. The van der Waals surface area contributed by atoms with Gasteiger partial charge in [-0.25, -0.2) is 10.0 Å². The van der Waals surface area contributed by atoms with Crippen LogP contribution in [0.4, 0.5) is 22.7 Å². The quantitative estimate of drug-likeness (QED) is 0.0645. The Morgan fingerprint density at radius 2 is 1.52 bits per heavy atom. The maximum atomic E-state index is 13.8. The number of azo groups is 1. The lowest BCUT2D eigenvalue weighted by Crippen LogP contribution is -2.36. The molecule has 1 unspecified atom stereocenters. The van der Waals surface area contributed by atoms with Crippen molar-refractivity contribution in [2.75, 3.05) is 11.6 Å². The minimum atomic E-state index is -1.21. The molecule has 3 aromatic rings. The van der Waals surface area contributed by atoms with Crippen LogP contribution in [0.5, 0.6) is 5.75 Å². The molecule has 0 bridgehead atoms. The molecule has 1 heterocycles. The minimum absolute atomic E-state index is 0.104. The van der Waals surface area contributed by atoms with E-state index in [0.29, 0.717) is 17.3 Å². The van der Waals surface area contributed by atoms with Gasteiger partial charge in [0.15, 0.2) is 11.6 Å². The number of amides is 1. The van der Waals surface area contributed by atoms with Gasteiger partial charge in [0.2, 0.25) is 6.04 Å². The number of nitro benzene ring substituents is 1. The Labute approximate surface area is 296 Å². The number of hydrazine groups is 1. The van der Waals surface area contributed by atoms with Crippen LogP contribution in [-0.2, 0) is 4.79 Å². The standard InChI is InChI=1S/C35H41Cl3N6O4/c1-4-5-6-7-8-9-10-11-12-13-18-48-31-22-27(44(46)47)16-17-30(31)39-34-32(41-40-26-15-14-23(2)24(3)19-26)35(45)43(42-34)33-28(37)20-25(36)21-29(33)38/h14-17,19-22,32H,4-13,18H2,1-3H3,(H,39,42). The second-order valence-electron chi connectivity index (χ2n) is 11.8. The van der Waals surface area contributed by atoms with Crippen LogP contribution in [0, 0.1) is 24.0 Å². The highest BCUT2D eigenvalue weighted by Gasteiger charge is 2.41. The molecule has 48 heavy (non-hydrogen) atoms. The number of aliphatic imine (C=N–C) groups is 1. The summed E-state index contributed by atoms with van der Waals surface area (Å²) in [5.74, 6) is -0.220. The monoisotopic (exact) mass is 714 g/mol. The first-order valence-corrected chi connectivity index (χ1v) is 17.5. The summed E-state index contributed by atoms with van der Waals surface area (Å²) in [6.45, 7) is 6.53. The van der Waals surface area contributed by atoms with Gasteiger partial charge in [0.1, 0.15) is 11.4 Å². The van der Waals surface area contributed by atoms with Crippen molar-refractivity contribution in [2.24, 2.45) is 15.2 Å². The maximum absolute atomic E-state index is 13.8. The summed E-state index contributed by atoms with van der Waals surface area (Å²) in [5.41, 5.74) is 5.96. The minimum Gasteiger partial charge on any atom is -0.491 e. The second kappa shape index (κ2) is 18.1. The van der Waals surface area contributed by atoms with Crippen molar-refractivity contribution in [3.05, 3.63) is 84.8 Å². The zero-order valence-electron chi connectivity index (χ0n) is 27.5. The van der Waals surface area contributed by atoms with Gasteiger partial charge in [-0.2, -0.15) is 10.2 Å². The van der Waals surface area contributed by atoms with E-state index in [9.17, 15) is 14.9 Å². The number of amidine groups is 1. The van der Waals surface area contributed by atoms with Crippen molar-refractivity contribution in [3.63, 3.8) is 0 Å². The largest absolute Gasteiger partial charge is 0.491 e. The van der Waals surface area contributed by atoms with Gasteiger partial charge in [-0.15, -0.1) is 0 Å². The van der Waals surface area contributed by atoms with Crippen LogP contribution < -0.4 is 15.2 Å². The van der Waals surface area contributed by atoms with Gasteiger partial charge in [-0.05, 0) is 61.7 Å². The molecule has 1 atom stereocenters. The summed E-state index contributed by atoms with van der Waals surface area (Å²) in [6, 6.07) is 11.5. The Morgan fingerprint density at radius 1 is 0.875 bits per heavy atom. The zero-order chi connectivity index (χ0) is 34.6. The fourth-order valence-corrected chi connectivity index (χ4v) is 6.20. The van der Waals surface area contributed by atoms with Crippen molar-refractivity contribution in [1.82, 2.24) is 5.43 Å². The van der Waals surface area contributed by atoms with E-state index in [-0.39, 0.29) is 38.7 Å². The highest BCUT2D eigenvalue weighted by molar-refractivity contribution is 6.43. The summed E-state index contributed by atoms with van der Waals surface area (Å²) in [4.78, 5) is 29.6. The molecule has 0 spiro atoms. The predicted molar refractivity (Wildman–Crippen MR) is 194 cm³/mol. The third kappa shape index (κ3) is 10.1. The van der Waals surface area contributed by atoms with Crippen molar-refractivity contribution >= 4 is 69.3 Å². The summed E-state index contributed by atoms with van der Waals surface area (Å²) in [7, 11) is 0. The van der Waals surface area contributed by atoms with Gasteiger partial charge < -0.3 is 4.74 Å². The van der Waals surface area contributed by atoms with Crippen LogP contribution >= 0.6 is 34.8 Å². The summed E-state index contributed by atoms with van der Waals surface area (Å²) in [5, 5.41) is 22.0. The second-order valence-corrected chi connectivity index (χ2v) is 13.1. The number of nitrogens with zero attached hydrogens (tertiary/aromatic N) is 5. The number of nitrogens with one attached hydrogen (secondary N) is 1. The van der Waals surface area contributed by atoms with Gasteiger partial charge in [-0.1, -0.05) is 106 Å². The fraction of sp³-hybridized carbons (Fsp3) is 0.429. The first-order chi connectivity index (χ1) is 23.1. The number of anilines is 1. The predicted octanol–water partition coefficient (Wildman–Crippen LogP) is 11.2. The SMILES string of the molecule is CCCCCCCCCCCCOc1cc([N+](=O)[O-])ccc1N=C1NN(c2c(Cl)cc(Cl)cc2Cl)C(=O)C1N=Nc1ccc(C)c(C)c1. The number of aryl methyl sites for hydroxylation is 2. The van der Waals surface area contributed by atoms with Gasteiger partial charge >= 0.3 is 0 Å². The van der Waals surface area contributed by atoms with Gasteiger partial charge in [0, 0.05) is 11.1 Å². The number of hydrogen-bond donors (Lipinski definition) is 1. The molecule has 1 amide bonds. The molecule has 1 N–H and O–H groups in total. The van der Waals surface area contributed by atoms with E-state index in [0.717, 1.165) is 35.4 Å². The topological polar surface area (TPSA) is 122 Å². The molecule has 0 saturated carbocycles. The molecule has 0 aromatic heterocycles. The number of carbonyl (C=O) groups is 1. The first-order valence-electron chi connectivity index (χ1n) is 16.3. The van der Waals surface area contributed by atoms with Crippen LogP contribution in [0.15, 0.2) is 63.8 Å². The van der Waals surface area contributed by atoms with E-state index in [1.165, 1.54) is 75.3 Å². The molecular weight excluding hydrogens is 675 g/mol. The van der Waals surface area contributed by atoms with Crippen molar-refractivity contribution in [1.29, 1.82) is 0 Å². The fourth-order valence-electron chi connectivity index (χ4n) is 5.21. The molecule has 10 nitrogen and oxygen atoms in total. The number of benzene rings is 3. The lowest BCUT2D eigenvalue weighted by molar-refractivity contribution is -0.384. The average molecular weight is 716 g/mol. The van der Waals surface area contributed by atoms with Crippen molar-refractivity contribution in [3.8, 4) is 5.75 Å². The summed E-state index contributed by atoms with van der Waals surface area (Å²) in [6.07, 6.45) is 11.7. The van der Waals surface area contributed by atoms with Crippen LogP contribution in [0.1, 0.15) is 82.3 Å². The number of non-ortho nitro benzene ring substituents is 1. The lowest BCUT2D eigenvalue weighted by atomic mass is 10.1. The summed E-state index contributed by atoms with van der Waals surface area (Å²) < 4.78 is 6.04. The third-order valence-corrected chi connectivity index (χ3v) is 8.87. The molecule has 4 rings (SSSR count). The molecule has 1 aliphatic heterocycles. The first kappa shape index (κ1) is 37.1. The zero-order valence-corrected chi connectivity index (χ0v) is 29.7. The molecule has 0 radical (unpaired) electrons. The van der Waals surface area contributed by atoms with Crippen molar-refractivity contribution < 1.29 is 14.5 Å². The molecular formula is C35H41Cl3N6O4. The Hall–Kier alpha value is -3.73. The number of rotatable bonds is 17. The van der Waals surface area contributed by atoms with Crippen LogP contribution in [0.25, 0.3) is 0 Å². The molecule has 1 fully saturated rings. The van der Waals surface area contributed by atoms with Crippen molar-refractivity contribution in [2.45, 2.75) is 91.0 Å². The Bertz CT molecular complexity index is 1640. The van der Waals surface area contributed by atoms with Crippen LogP contribution in [0.3, 0.4) is 0 Å². The van der Waals surface area contributed by atoms with E-state index < -0.39 is 16.9 Å². The van der Waals surface area contributed by atoms with Crippen LogP contribution in [-0.4, -0.2) is 29.3 Å². The van der Waals surface area contributed by atoms with Gasteiger partial charge in [0.05, 0.1) is 33.3 Å². The van der Waals surface area contributed by atoms with E-state index in [1.54, 1.807) is 6.07 Å².